The fourth-order valence-corrected chi connectivity index (χ4v) is 2.17. The van der Waals surface area contributed by atoms with E-state index in [1.165, 1.54) is 26.0 Å². The third-order valence-corrected chi connectivity index (χ3v) is 3.45. The number of aryl methyl sites for hydroxylation is 1. The maximum atomic E-state index is 13.9. The molecule has 1 aromatic carbocycles. The highest BCUT2D eigenvalue weighted by molar-refractivity contribution is 5.63. The van der Waals surface area contributed by atoms with Crippen LogP contribution in [0.4, 0.5) is 4.39 Å². The Balaban J connectivity index is 1.66. The lowest BCUT2D eigenvalue weighted by Gasteiger charge is -2.05. The molecule has 1 fully saturated rings. The van der Waals surface area contributed by atoms with Gasteiger partial charge < -0.3 is 14.5 Å². The predicted molar refractivity (Wildman–Crippen MR) is 75.6 cm³/mol. The maximum absolute atomic E-state index is 13.9. The molecule has 0 radical (unpaired) electrons. The van der Waals surface area contributed by atoms with E-state index in [9.17, 15) is 4.39 Å². The molecule has 0 spiro atoms. The molecule has 1 aromatic heterocycles. The molecule has 112 valence electrons. The van der Waals surface area contributed by atoms with Gasteiger partial charge in [0.1, 0.15) is 17.1 Å². The standard InChI is InChI=1S/C15H18FN3O2/c1-20-12-5-2-4-11(16)14(12)15-19-18-13(21-15)6-3-9-17-10-7-8-10/h2,4-5,10,17H,3,6-9H2,1H3. The summed E-state index contributed by atoms with van der Waals surface area (Å²) in [7, 11) is 1.49. The number of nitrogens with zero attached hydrogens (tertiary/aromatic N) is 2. The highest BCUT2D eigenvalue weighted by atomic mass is 19.1. The number of methoxy groups -OCH3 is 1. The van der Waals surface area contributed by atoms with Crippen LogP contribution in [0.3, 0.4) is 0 Å². The van der Waals surface area contributed by atoms with E-state index in [4.69, 9.17) is 9.15 Å². The SMILES string of the molecule is COc1cccc(F)c1-c1nnc(CCCNC2CC2)o1. The first-order valence-electron chi connectivity index (χ1n) is 7.16. The minimum atomic E-state index is -0.431. The average molecular weight is 291 g/mol. The molecule has 0 amide bonds. The van der Waals surface area contributed by atoms with E-state index in [1.807, 2.05) is 0 Å². The zero-order valence-corrected chi connectivity index (χ0v) is 11.9. The number of aromatic nitrogens is 2. The van der Waals surface area contributed by atoms with E-state index >= 15 is 0 Å². The summed E-state index contributed by atoms with van der Waals surface area (Å²) in [6.45, 7) is 0.936. The van der Waals surface area contributed by atoms with Crippen molar-refractivity contribution in [2.24, 2.45) is 0 Å². The largest absolute Gasteiger partial charge is 0.496 e. The Morgan fingerprint density at radius 1 is 1.38 bits per heavy atom. The van der Waals surface area contributed by atoms with Crippen LogP contribution in [0.15, 0.2) is 22.6 Å². The van der Waals surface area contributed by atoms with E-state index in [0.29, 0.717) is 24.1 Å². The second kappa shape index (κ2) is 6.22. The highest BCUT2D eigenvalue weighted by Gasteiger charge is 2.20. The molecule has 1 saturated carbocycles. The van der Waals surface area contributed by atoms with Gasteiger partial charge in [-0.25, -0.2) is 4.39 Å². The summed E-state index contributed by atoms with van der Waals surface area (Å²) in [6.07, 6.45) is 4.16. The maximum Gasteiger partial charge on any atom is 0.254 e. The number of nitrogens with one attached hydrogen (secondary N) is 1. The van der Waals surface area contributed by atoms with Crippen molar-refractivity contribution in [2.45, 2.75) is 31.7 Å². The van der Waals surface area contributed by atoms with Crippen molar-refractivity contribution in [1.82, 2.24) is 15.5 Å². The number of benzene rings is 1. The third-order valence-electron chi connectivity index (χ3n) is 3.45. The molecule has 6 heteroatoms. The molecule has 0 saturated heterocycles. The Morgan fingerprint density at radius 3 is 3.00 bits per heavy atom. The van der Waals surface area contributed by atoms with Crippen molar-refractivity contribution in [2.75, 3.05) is 13.7 Å². The fourth-order valence-electron chi connectivity index (χ4n) is 2.17. The van der Waals surface area contributed by atoms with Gasteiger partial charge in [-0.2, -0.15) is 0 Å². The van der Waals surface area contributed by atoms with Gasteiger partial charge in [0.25, 0.3) is 5.89 Å². The van der Waals surface area contributed by atoms with Gasteiger partial charge in [-0.05, 0) is 37.9 Å². The van der Waals surface area contributed by atoms with E-state index in [-0.39, 0.29) is 11.5 Å². The van der Waals surface area contributed by atoms with Gasteiger partial charge >= 0.3 is 0 Å². The Kier molecular flexibility index (Phi) is 4.15. The summed E-state index contributed by atoms with van der Waals surface area (Å²) in [6, 6.07) is 5.30. The molecule has 1 aliphatic carbocycles. The summed E-state index contributed by atoms with van der Waals surface area (Å²) in [5, 5.41) is 11.3. The zero-order chi connectivity index (χ0) is 14.7. The fraction of sp³-hybridized carbons (Fsp3) is 0.467. The molecular weight excluding hydrogens is 273 g/mol. The van der Waals surface area contributed by atoms with Crippen molar-refractivity contribution in [3.8, 4) is 17.2 Å². The molecule has 3 rings (SSSR count). The lowest BCUT2D eigenvalue weighted by molar-refractivity contribution is 0.409. The van der Waals surface area contributed by atoms with E-state index in [0.717, 1.165) is 13.0 Å². The van der Waals surface area contributed by atoms with Crippen LogP contribution in [0.25, 0.3) is 11.5 Å². The molecule has 0 bridgehead atoms. The van der Waals surface area contributed by atoms with E-state index in [2.05, 4.69) is 15.5 Å². The predicted octanol–water partition coefficient (Wildman–Crippen LogP) is 2.57. The molecule has 1 aliphatic rings. The first-order valence-corrected chi connectivity index (χ1v) is 7.16. The lowest BCUT2D eigenvalue weighted by Crippen LogP contribution is -2.17. The lowest BCUT2D eigenvalue weighted by atomic mass is 10.2. The van der Waals surface area contributed by atoms with Crippen molar-refractivity contribution < 1.29 is 13.5 Å². The summed E-state index contributed by atoms with van der Waals surface area (Å²) >= 11 is 0. The van der Waals surface area contributed by atoms with Crippen LogP contribution in [0.5, 0.6) is 5.75 Å². The Morgan fingerprint density at radius 2 is 2.24 bits per heavy atom. The Labute approximate surface area is 122 Å². The molecular formula is C15H18FN3O2. The minimum absolute atomic E-state index is 0.162. The molecule has 21 heavy (non-hydrogen) atoms. The minimum Gasteiger partial charge on any atom is -0.496 e. The topological polar surface area (TPSA) is 60.2 Å². The summed E-state index contributed by atoms with van der Waals surface area (Å²) < 4.78 is 24.6. The number of halogens is 1. The number of ether oxygens (including phenoxy) is 1. The van der Waals surface area contributed by atoms with Crippen LogP contribution >= 0.6 is 0 Å². The van der Waals surface area contributed by atoms with Gasteiger partial charge in [0, 0.05) is 12.5 Å². The van der Waals surface area contributed by atoms with Gasteiger partial charge in [0.05, 0.1) is 7.11 Å². The Bertz CT molecular complexity index is 611. The zero-order valence-electron chi connectivity index (χ0n) is 11.9. The summed E-state index contributed by atoms with van der Waals surface area (Å²) in [5.74, 6) is 0.642. The molecule has 2 aromatic rings. The van der Waals surface area contributed by atoms with Crippen molar-refractivity contribution >= 4 is 0 Å². The first kappa shape index (κ1) is 14.0. The summed E-state index contributed by atoms with van der Waals surface area (Å²) in [5.41, 5.74) is 0.217. The Hall–Kier alpha value is -1.95. The van der Waals surface area contributed by atoms with Crippen LogP contribution in [0.2, 0.25) is 0 Å². The van der Waals surface area contributed by atoms with Gasteiger partial charge in [0.2, 0.25) is 5.89 Å². The highest BCUT2D eigenvalue weighted by Crippen LogP contribution is 2.31. The molecule has 5 nitrogen and oxygen atoms in total. The summed E-state index contributed by atoms with van der Waals surface area (Å²) in [4.78, 5) is 0. The third kappa shape index (κ3) is 3.39. The second-order valence-electron chi connectivity index (χ2n) is 5.15. The number of hydrogen-bond donors (Lipinski definition) is 1. The van der Waals surface area contributed by atoms with Crippen LogP contribution in [0, 0.1) is 5.82 Å². The van der Waals surface area contributed by atoms with Gasteiger partial charge in [-0.1, -0.05) is 6.07 Å². The monoisotopic (exact) mass is 291 g/mol. The molecule has 0 aliphatic heterocycles. The molecule has 1 N–H and O–H groups in total. The van der Waals surface area contributed by atoms with Crippen LogP contribution in [-0.4, -0.2) is 29.9 Å². The van der Waals surface area contributed by atoms with Crippen LogP contribution in [0.1, 0.15) is 25.2 Å². The van der Waals surface area contributed by atoms with Crippen molar-refractivity contribution in [3.63, 3.8) is 0 Å². The van der Waals surface area contributed by atoms with Crippen LogP contribution in [-0.2, 0) is 6.42 Å². The van der Waals surface area contributed by atoms with E-state index < -0.39 is 5.82 Å². The molecule has 0 atom stereocenters. The van der Waals surface area contributed by atoms with Gasteiger partial charge in [-0.15, -0.1) is 10.2 Å². The normalized spacial score (nSPS) is 14.4. The first-order chi connectivity index (χ1) is 10.3. The quantitative estimate of drug-likeness (QED) is 0.794. The number of hydrogen-bond acceptors (Lipinski definition) is 5. The smallest absolute Gasteiger partial charge is 0.254 e. The van der Waals surface area contributed by atoms with Crippen LogP contribution < -0.4 is 10.1 Å². The van der Waals surface area contributed by atoms with Gasteiger partial charge in [0.15, 0.2) is 0 Å². The van der Waals surface area contributed by atoms with Crippen molar-refractivity contribution in [3.05, 3.63) is 29.9 Å². The van der Waals surface area contributed by atoms with E-state index in [1.54, 1.807) is 12.1 Å². The van der Waals surface area contributed by atoms with Crippen molar-refractivity contribution in [1.29, 1.82) is 0 Å². The average Bonchev–Trinajstić information content (AvgIpc) is 3.21. The second-order valence-corrected chi connectivity index (χ2v) is 5.15. The molecule has 0 unspecified atom stereocenters. The number of rotatable bonds is 7. The molecule has 1 heterocycles. The van der Waals surface area contributed by atoms with Gasteiger partial charge in [-0.3, -0.25) is 0 Å².